The number of diazo groups is 1. The maximum atomic E-state index is 8.40. The Labute approximate surface area is 67.6 Å². The van der Waals surface area contributed by atoms with Gasteiger partial charge in [-0.05, 0) is 34.5 Å². The van der Waals surface area contributed by atoms with Crippen molar-refractivity contribution in [3.8, 4) is 0 Å². The fourth-order valence-electron chi connectivity index (χ4n) is 0.693. The van der Waals surface area contributed by atoms with Crippen LogP contribution in [0, 0.1) is 12.3 Å². The molecule has 0 fully saturated rings. The first-order valence-electron chi connectivity index (χ1n) is 2.85. The largest absolute Gasteiger partial charge is 0.399 e. The number of aryl methyl sites for hydroxylation is 1. The summed E-state index contributed by atoms with van der Waals surface area (Å²) in [5, 5.41) is 8.40. The zero-order valence-electron chi connectivity index (χ0n) is 5.50. The molecule has 1 aromatic rings. The van der Waals surface area contributed by atoms with Crippen LogP contribution in [-0.2, 0) is 0 Å². The van der Waals surface area contributed by atoms with E-state index in [2.05, 4.69) is 20.9 Å². The SMILES string of the molecule is Cc1ccc([N+]#N)c(Br)c1. The van der Waals surface area contributed by atoms with Gasteiger partial charge in [0.1, 0.15) is 4.47 Å². The Morgan fingerprint density at radius 2 is 2.20 bits per heavy atom. The molecule has 50 valence electrons. The van der Waals surface area contributed by atoms with Crippen molar-refractivity contribution in [2.45, 2.75) is 6.92 Å². The second kappa shape index (κ2) is 2.80. The van der Waals surface area contributed by atoms with Gasteiger partial charge in [0, 0.05) is 6.07 Å². The first kappa shape index (κ1) is 7.23. The number of hydrogen-bond acceptors (Lipinski definition) is 1. The summed E-state index contributed by atoms with van der Waals surface area (Å²) in [6.45, 7) is 1.98. The van der Waals surface area contributed by atoms with Gasteiger partial charge in [0.2, 0.25) is 5.39 Å². The van der Waals surface area contributed by atoms with Crippen molar-refractivity contribution in [1.29, 1.82) is 5.39 Å². The van der Waals surface area contributed by atoms with Gasteiger partial charge in [-0.1, -0.05) is 6.07 Å². The molecular weight excluding hydrogens is 192 g/mol. The zero-order valence-corrected chi connectivity index (χ0v) is 7.09. The Balaban J connectivity index is 3.23. The molecule has 0 saturated heterocycles. The van der Waals surface area contributed by atoms with Crippen LogP contribution in [0.3, 0.4) is 0 Å². The summed E-state index contributed by atoms with van der Waals surface area (Å²) in [7, 11) is 0. The van der Waals surface area contributed by atoms with Gasteiger partial charge in [-0.3, -0.25) is 0 Å². The molecule has 0 atom stereocenters. The highest BCUT2D eigenvalue weighted by Gasteiger charge is 2.08. The van der Waals surface area contributed by atoms with Crippen LogP contribution in [-0.4, -0.2) is 0 Å². The minimum atomic E-state index is 0.561. The molecule has 1 rings (SSSR count). The number of hydrogen-bond donors (Lipinski definition) is 0. The van der Waals surface area contributed by atoms with Gasteiger partial charge in [-0.2, -0.15) is 0 Å². The van der Waals surface area contributed by atoms with Crippen molar-refractivity contribution < 1.29 is 0 Å². The Kier molecular flexibility index (Phi) is 2.03. The van der Waals surface area contributed by atoms with Crippen LogP contribution >= 0.6 is 15.9 Å². The van der Waals surface area contributed by atoms with Crippen LogP contribution in [0.5, 0.6) is 0 Å². The van der Waals surface area contributed by atoms with Crippen LogP contribution in [0.1, 0.15) is 5.56 Å². The van der Waals surface area contributed by atoms with Crippen LogP contribution < -0.4 is 0 Å². The number of rotatable bonds is 0. The summed E-state index contributed by atoms with van der Waals surface area (Å²) in [5.41, 5.74) is 1.70. The first-order chi connectivity index (χ1) is 4.74. The van der Waals surface area contributed by atoms with E-state index in [4.69, 9.17) is 5.39 Å². The second-order valence-corrected chi connectivity index (χ2v) is 2.91. The van der Waals surface area contributed by atoms with E-state index in [1.165, 1.54) is 0 Å². The molecule has 0 radical (unpaired) electrons. The van der Waals surface area contributed by atoms with Gasteiger partial charge in [-0.25, -0.2) is 0 Å². The average molecular weight is 198 g/mol. The van der Waals surface area contributed by atoms with Crippen molar-refractivity contribution in [1.82, 2.24) is 0 Å². The molecule has 0 aliphatic heterocycles. The van der Waals surface area contributed by atoms with E-state index in [-0.39, 0.29) is 0 Å². The summed E-state index contributed by atoms with van der Waals surface area (Å²) in [6, 6.07) is 5.54. The third-order valence-corrected chi connectivity index (χ3v) is 1.85. The Hall–Kier alpha value is -0.880. The van der Waals surface area contributed by atoms with Gasteiger partial charge in [0.15, 0.2) is 4.98 Å². The molecule has 0 aliphatic rings. The van der Waals surface area contributed by atoms with E-state index < -0.39 is 0 Å². The van der Waals surface area contributed by atoms with Gasteiger partial charge < -0.3 is 0 Å². The fraction of sp³-hybridized carbons (Fsp3) is 0.143. The smallest absolute Gasteiger partial charge is 0.0512 e. The third kappa shape index (κ3) is 1.34. The minimum Gasteiger partial charge on any atom is -0.0512 e. The van der Waals surface area contributed by atoms with E-state index in [0.29, 0.717) is 5.69 Å². The molecule has 1 aromatic carbocycles. The molecule has 0 aromatic heterocycles. The lowest BCUT2D eigenvalue weighted by Crippen LogP contribution is -1.70. The molecule has 0 amide bonds. The standard InChI is InChI=1S/C7H6BrN2/c1-5-2-3-7(10-9)6(8)4-5/h2-4H,1H3/q+1. The summed E-state index contributed by atoms with van der Waals surface area (Å²) >= 11 is 3.25. The fourth-order valence-corrected chi connectivity index (χ4v) is 1.27. The molecule has 10 heavy (non-hydrogen) atoms. The Morgan fingerprint density at radius 1 is 1.50 bits per heavy atom. The molecule has 3 heteroatoms. The Morgan fingerprint density at radius 3 is 2.70 bits per heavy atom. The lowest BCUT2D eigenvalue weighted by molar-refractivity contribution is 1.42. The Bertz CT molecular complexity index is 288. The average Bonchev–Trinajstić information content (AvgIpc) is 1.88. The maximum absolute atomic E-state index is 8.40. The van der Waals surface area contributed by atoms with Crippen molar-refractivity contribution in [2.24, 2.45) is 0 Å². The number of benzene rings is 1. The topological polar surface area (TPSA) is 28.1 Å². The monoisotopic (exact) mass is 197 g/mol. The highest BCUT2D eigenvalue weighted by molar-refractivity contribution is 9.10. The summed E-state index contributed by atoms with van der Waals surface area (Å²) in [6.07, 6.45) is 0. The van der Waals surface area contributed by atoms with Gasteiger partial charge in [-0.15, -0.1) is 0 Å². The third-order valence-electron chi connectivity index (χ3n) is 1.21. The molecule has 0 heterocycles. The highest BCUT2D eigenvalue weighted by Crippen LogP contribution is 2.25. The first-order valence-corrected chi connectivity index (χ1v) is 3.64. The van der Waals surface area contributed by atoms with E-state index >= 15 is 0 Å². The summed E-state index contributed by atoms with van der Waals surface area (Å²) < 4.78 is 0.815. The van der Waals surface area contributed by atoms with Crippen LogP contribution in [0.2, 0.25) is 0 Å². The summed E-state index contributed by atoms with van der Waals surface area (Å²) in [4.78, 5) is 3.06. The molecule has 0 N–H and O–H groups in total. The predicted octanol–water partition coefficient (Wildman–Crippen LogP) is 3.24. The minimum absolute atomic E-state index is 0.561. The quantitative estimate of drug-likeness (QED) is 0.588. The van der Waals surface area contributed by atoms with Crippen LogP contribution in [0.4, 0.5) is 5.69 Å². The normalized spacial score (nSPS) is 8.90. The van der Waals surface area contributed by atoms with E-state index in [0.717, 1.165) is 10.0 Å². The van der Waals surface area contributed by atoms with E-state index in [1.54, 1.807) is 6.07 Å². The molecule has 0 spiro atoms. The van der Waals surface area contributed by atoms with Crippen LogP contribution in [0.25, 0.3) is 4.98 Å². The predicted molar refractivity (Wildman–Crippen MR) is 43.6 cm³/mol. The van der Waals surface area contributed by atoms with Crippen molar-refractivity contribution in [2.75, 3.05) is 0 Å². The van der Waals surface area contributed by atoms with E-state index in [9.17, 15) is 0 Å². The molecule has 0 aliphatic carbocycles. The molecule has 2 nitrogen and oxygen atoms in total. The van der Waals surface area contributed by atoms with Gasteiger partial charge in [0.25, 0.3) is 0 Å². The zero-order chi connectivity index (χ0) is 7.56. The van der Waals surface area contributed by atoms with Gasteiger partial charge >= 0.3 is 5.69 Å². The van der Waals surface area contributed by atoms with Crippen LogP contribution in [0.15, 0.2) is 22.7 Å². The lowest BCUT2D eigenvalue weighted by Gasteiger charge is -1.87. The maximum Gasteiger partial charge on any atom is 0.399 e. The second-order valence-electron chi connectivity index (χ2n) is 2.05. The van der Waals surface area contributed by atoms with E-state index in [1.807, 2.05) is 19.1 Å². The highest BCUT2D eigenvalue weighted by atomic mass is 79.9. The van der Waals surface area contributed by atoms with Gasteiger partial charge in [0.05, 0.1) is 0 Å². The number of halogens is 1. The van der Waals surface area contributed by atoms with Crippen molar-refractivity contribution in [3.63, 3.8) is 0 Å². The molecule has 0 saturated carbocycles. The molecule has 0 bridgehead atoms. The summed E-state index contributed by atoms with van der Waals surface area (Å²) in [5.74, 6) is 0. The van der Waals surface area contributed by atoms with Crippen molar-refractivity contribution >= 4 is 21.6 Å². The number of nitrogens with zero attached hydrogens (tertiary/aromatic N) is 2. The lowest BCUT2D eigenvalue weighted by atomic mass is 10.2. The van der Waals surface area contributed by atoms with Crippen molar-refractivity contribution in [3.05, 3.63) is 33.2 Å². The molecular formula is C7H6BrN2+. The molecule has 0 unspecified atom stereocenters.